The largest absolute Gasteiger partial charge is 0.448 e. The zero-order chi connectivity index (χ0) is 22.0. The van der Waals surface area contributed by atoms with E-state index in [0.29, 0.717) is 22.9 Å². The highest BCUT2D eigenvalue weighted by Gasteiger charge is 2.30. The monoisotopic (exact) mass is 417 g/mol. The fraction of sp³-hybridized carbons (Fsp3) is 0.250. The number of para-hydroxylation sites is 1. The molecule has 1 aliphatic carbocycles. The van der Waals surface area contributed by atoms with Crippen molar-refractivity contribution >= 4 is 23.3 Å². The van der Waals surface area contributed by atoms with Gasteiger partial charge in [-0.1, -0.05) is 18.2 Å². The molecule has 1 fully saturated rings. The Morgan fingerprint density at radius 1 is 1.06 bits per heavy atom. The molecule has 2 aromatic carbocycles. The molecule has 3 aromatic rings. The van der Waals surface area contributed by atoms with E-state index < -0.39 is 18.0 Å². The van der Waals surface area contributed by atoms with Crippen molar-refractivity contribution in [2.24, 2.45) is 0 Å². The van der Waals surface area contributed by atoms with Gasteiger partial charge in [0, 0.05) is 17.2 Å². The molecule has 7 nitrogen and oxygen atoms in total. The molecule has 0 unspecified atom stereocenters. The standard InChI is InChI=1S/C24H23N3O4/c1-15(28)17-10-12-19(13-11-17)25-23(29)16(2)31-24(30)22-14-21(18-8-9-18)26-27(22)20-6-4-3-5-7-20/h3-7,10-14,16,18H,8-9H2,1-2H3,(H,25,29)/t16-/m1/s1. The van der Waals surface area contributed by atoms with E-state index in [-0.39, 0.29) is 5.78 Å². The highest BCUT2D eigenvalue weighted by molar-refractivity contribution is 5.98. The molecule has 1 aliphatic rings. The first-order valence-electron chi connectivity index (χ1n) is 10.2. The molecule has 1 heterocycles. The SMILES string of the molecule is CC(=O)c1ccc(NC(=O)[C@@H](C)OC(=O)c2cc(C3CC3)nn2-c2ccccc2)cc1. The number of aromatic nitrogens is 2. The number of esters is 1. The first kappa shape index (κ1) is 20.5. The van der Waals surface area contributed by atoms with Gasteiger partial charge in [-0.2, -0.15) is 5.10 Å². The van der Waals surface area contributed by atoms with E-state index in [2.05, 4.69) is 10.4 Å². The summed E-state index contributed by atoms with van der Waals surface area (Å²) in [5.74, 6) is -0.758. The molecule has 1 saturated carbocycles. The Morgan fingerprint density at radius 3 is 2.35 bits per heavy atom. The van der Waals surface area contributed by atoms with E-state index in [1.165, 1.54) is 13.8 Å². The van der Waals surface area contributed by atoms with E-state index in [1.54, 1.807) is 35.0 Å². The first-order valence-corrected chi connectivity index (χ1v) is 10.2. The van der Waals surface area contributed by atoms with Gasteiger partial charge in [0.2, 0.25) is 0 Å². The Bertz CT molecular complexity index is 1120. The summed E-state index contributed by atoms with van der Waals surface area (Å²) >= 11 is 0. The van der Waals surface area contributed by atoms with Gasteiger partial charge < -0.3 is 10.1 Å². The average Bonchev–Trinajstić information content (AvgIpc) is 3.52. The summed E-state index contributed by atoms with van der Waals surface area (Å²) in [7, 11) is 0. The second-order valence-electron chi connectivity index (χ2n) is 7.65. The smallest absolute Gasteiger partial charge is 0.357 e. The molecular weight excluding hydrogens is 394 g/mol. The molecule has 31 heavy (non-hydrogen) atoms. The lowest BCUT2D eigenvalue weighted by atomic mass is 10.1. The Morgan fingerprint density at radius 2 is 1.74 bits per heavy atom. The Labute approximate surface area is 180 Å². The molecule has 7 heteroatoms. The molecule has 0 radical (unpaired) electrons. The average molecular weight is 417 g/mol. The van der Waals surface area contributed by atoms with Crippen LogP contribution >= 0.6 is 0 Å². The van der Waals surface area contributed by atoms with Crippen LogP contribution in [0.3, 0.4) is 0 Å². The van der Waals surface area contributed by atoms with Gasteiger partial charge >= 0.3 is 5.97 Å². The van der Waals surface area contributed by atoms with Crippen molar-refractivity contribution in [3.63, 3.8) is 0 Å². The van der Waals surface area contributed by atoms with E-state index in [1.807, 2.05) is 30.3 Å². The number of ketones is 1. The van der Waals surface area contributed by atoms with Crippen LogP contribution in [0.2, 0.25) is 0 Å². The second kappa shape index (κ2) is 8.55. The van der Waals surface area contributed by atoms with Crippen LogP contribution in [-0.2, 0) is 9.53 Å². The van der Waals surface area contributed by atoms with Crippen molar-refractivity contribution in [1.82, 2.24) is 9.78 Å². The number of nitrogens with one attached hydrogen (secondary N) is 1. The fourth-order valence-electron chi connectivity index (χ4n) is 3.20. The van der Waals surface area contributed by atoms with Crippen molar-refractivity contribution in [2.45, 2.75) is 38.7 Å². The number of carbonyl (C=O) groups is 3. The third-order valence-electron chi connectivity index (χ3n) is 5.15. The summed E-state index contributed by atoms with van der Waals surface area (Å²) in [5.41, 5.74) is 2.97. The molecule has 158 valence electrons. The predicted molar refractivity (Wildman–Crippen MR) is 115 cm³/mol. The van der Waals surface area contributed by atoms with Crippen LogP contribution in [0.4, 0.5) is 5.69 Å². The predicted octanol–water partition coefficient (Wildman–Crippen LogP) is 4.14. The van der Waals surface area contributed by atoms with E-state index >= 15 is 0 Å². The molecule has 0 spiro atoms. The highest BCUT2D eigenvalue weighted by Crippen LogP contribution is 2.39. The Kier molecular flexibility index (Phi) is 5.66. The number of carbonyl (C=O) groups excluding carboxylic acids is 3. The van der Waals surface area contributed by atoms with Crippen molar-refractivity contribution in [2.75, 3.05) is 5.32 Å². The summed E-state index contributed by atoms with van der Waals surface area (Å²) in [4.78, 5) is 36.7. The van der Waals surface area contributed by atoms with Gasteiger partial charge in [-0.15, -0.1) is 0 Å². The van der Waals surface area contributed by atoms with Gasteiger partial charge in [0.05, 0.1) is 11.4 Å². The number of benzene rings is 2. The van der Waals surface area contributed by atoms with Gasteiger partial charge in [-0.3, -0.25) is 9.59 Å². The molecule has 0 aliphatic heterocycles. The lowest BCUT2D eigenvalue weighted by Gasteiger charge is -2.14. The highest BCUT2D eigenvalue weighted by atomic mass is 16.5. The number of nitrogens with zero attached hydrogens (tertiary/aromatic N) is 2. The molecule has 1 N–H and O–H groups in total. The molecule has 0 bridgehead atoms. The molecular formula is C24H23N3O4. The normalized spacial score (nSPS) is 14.0. The van der Waals surface area contributed by atoms with Crippen LogP contribution in [0.25, 0.3) is 5.69 Å². The van der Waals surface area contributed by atoms with Crippen molar-refractivity contribution in [1.29, 1.82) is 0 Å². The lowest BCUT2D eigenvalue weighted by Crippen LogP contribution is -2.30. The van der Waals surface area contributed by atoms with Crippen molar-refractivity contribution in [3.8, 4) is 5.69 Å². The maximum Gasteiger partial charge on any atom is 0.357 e. The van der Waals surface area contributed by atoms with E-state index in [9.17, 15) is 14.4 Å². The third-order valence-corrected chi connectivity index (χ3v) is 5.15. The molecule has 0 saturated heterocycles. The zero-order valence-corrected chi connectivity index (χ0v) is 17.4. The van der Waals surface area contributed by atoms with Gasteiger partial charge in [-0.25, -0.2) is 9.48 Å². The van der Waals surface area contributed by atoms with Crippen LogP contribution in [0, 0.1) is 0 Å². The van der Waals surface area contributed by atoms with Crippen molar-refractivity contribution in [3.05, 3.63) is 77.6 Å². The van der Waals surface area contributed by atoms with Gasteiger partial charge in [0.25, 0.3) is 5.91 Å². The van der Waals surface area contributed by atoms with Crippen LogP contribution in [0.5, 0.6) is 0 Å². The number of rotatable bonds is 7. The van der Waals surface area contributed by atoms with E-state index in [0.717, 1.165) is 24.2 Å². The Hall–Kier alpha value is -3.74. The fourth-order valence-corrected chi connectivity index (χ4v) is 3.20. The maximum atomic E-state index is 12.9. The zero-order valence-electron chi connectivity index (χ0n) is 17.4. The third kappa shape index (κ3) is 4.71. The second-order valence-corrected chi connectivity index (χ2v) is 7.65. The minimum absolute atomic E-state index is 0.0548. The number of Topliss-reactive ketones (excluding diaryl/α,β-unsaturated/α-hetero) is 1. The van der Waals surface area contributed by atoms with Crippen LogP contribution in [0.1, 0.15) is 59.1 Å². The summed E-state index contributed by atoms with van der Waals surface area (Å²) in [5, 5.41) is 7.29. The van der Waals surface area contributed by atoms with Crippen LogP contribution in [-0.4, -0.2) is 33.5 Å². The van der Waals surface area contributed by atoms with Gasteiger partial charge in [0.1, 0.15) is 0 Å². The summed E-state index contributed by atoms with van der Waals surface area (Å²) < 4.78 is 7.01. The summed E-state index contributed by atoms with van der Waals surface area (Å²) in [6.45, 7) is 2.99. The minimum Gasteiger partial charge on any atom is -0.448 e. The quantitative estimate of drug-likeness (QED) is 0.461. The molecule has 1 aromatic heterocycles. The molecule has 4 rings (SSSR count). The van der Waals surface area contributed by atoms with Crippen molar-refractivity contribution < 1.29 is 19.1 Å². The minimum atomic E-state index is -1.01. The number of ether oxygens (including phenoxy) is 1. The number of hydrogen-bond donors (Lipinski definition) is 1. The Balaban J connectivity index is 1.47. The van der Waals surface area contributed by atoms with Crippen LogP contribution < -0.4 is 5.32 Å². The summed E-state index contributed by atoms with van der Waals surface area (Å²) in [6, 6.07) is 17.6. The number of amides is 1. The van der Waals surface area contributed by atoms with Gasteiger partial charge in [0.15, 0.2) is 17.6 Å². The lowest BCUT2D eigenvalue weighted by molar-refractivity contribution is -0.123. The number of anilines is 1. The maximum absolute atomic E-state index is 12.9. The summed E-state index contributed by atoms with van der Waals surface area (Å²) in [6.07, 6.45) is 1.10. The molecule has 1 atom stereocenters. The number of hydrogen-bond acceptors (Lipinski definition) is 5. The van der Waals surface area contributed by atoms with Gasteiger partial charge in [-0.05, 0) is 69.2 Å². The van der Waals surface area contributed by atoms with Crippen LogP contribution in [0.15, 0.2) is 60.7 Å². The first-order chi connectivity index (χ1) is 14.9. The van der Waals surface area contributed by atoms with E-state index in [4.69, 9.17) is 4.74 Å². The topological polar surface area (TPSA) is 90.3 Å². The molecule has 1 amide bonds.